The van der Waals surface area contributed by atoms with Gasteiger partial charge in [0.05, 0.1) is 46.2 Å². The van der Waals surface area contributed by atoms with Gasteiger partial charge in [0.2, 0.25) is 0 Å². The Morgan fingerprint density at radius 3 is 2.15 bits per heavy atom. The van der Waals surface area contributed by atoms with Crippen LogP contribution in [0.5, 0.6) is 11.5 Å². The Morgan fingerprint density at radius 2 is 1.64 bits per heavy atom. The monoisotopic (exact) mass is 497 g/mol. The van der Waals surface area contributed by atoms with Crippen LogP contribution < -0.4 is 4.74 Å². The van der Waals surface area contributed by atoms with Gasteiger partial charge >= 0.3 is 12.3 Å². The van der Waals surface area contributed by atoms with Crippen LogP contribution in [0.15, 0.2) is 23.2 Å². The van der Waals surface area contributed by atoms with Crippen molar-refractivity contribution in [2.24, 2.45) is 4.99 Å². The summed E-state index contributed by atoms with van der Waals surface area (Å²) in [7, 11) is 0. The minimum Gasteiger partial charge on any atom is -0.507 e. The second-order valence-electron chi connectivity index (χ2n) is 6.94. The third kappa shape index (κ3) is 9.76. The maximum Gasteiger partial charge on any atom is 0.522 e. The lowest BCUT2D eigenvalue weighted by Gasteiger charge is -2.12. The molecule has 0 saturated carbocycles. The Bertz CT molecular complexity index is 808. The van der Waals surface area contributed by atoms with Crippen LogP contribution >= 0.6 is 11.8 Å². The quantitative estimate of drug-likeness (QED) is 0.353. The molecule has 1 aromatic rings. The van der Waals surface area contributed by atoms with Crippen molar-refractivity contribution in [1.82, 2.24) is 0 Å². The van der Waals surface area contributed by atoms with E-state index in [2.05, 4.69) is 9.73 Å². The van der Waals surface area contributed by atoms with Crippen molar-refractivity contribution < 1.29 is 51.9 Å². The highest BCUT2D eigenvalue weighted by Gasteiger charge is 2.39. The van der Waals surface area contributed by atoms with E-state index < -0.39 is 24.5 Å². The van der Waals surface area contributed by atoms with Gasteiger partial charge in [0, 0.05) is 17.4 Å². The predicted octanol–water partition coefficient (Wildman–Crippen LogP) is 2.69. The molecule has 0 fully saturated rings. The molecule has 186 valence electrons. The van der Waals surface area contributed by atoms with Crippen LogP contribution in [0.2, 0.25) is 0 Å². The molecule has 1 aromatic carbocycles. The zero-order chi connectivity index (χ0) is 24.3. The summed E-state index contributed by atoms with van der Waals surface area (Å²) >= 11 is 1.27. The highest BCUT2D eigenvalue weighted by Crippen LogP contribution is 2.35. The Labute approximate surface area is 192 Å². The first-order valence-electron chi connectivity index (χ1n) is 9.97. The third-order valence-corrected chi connectivity index (χ3v) is 5.52. The van der Waals surface area contributed by atoms with E-state index in [-0.39, 0.29) is 45.4 Å². The standard InChI is InChI=1S/C20H26F3NO8S/c1-19(18(26)27)13-33-17(24-19)15-3-2-14(12-16(15)25)31-10-8-29-6-4-28-5-7-30-9-11-32-20(21,22)23/h2-3,12,25H,4-11,13H2,1H3,(H,26,27). The fourth-order valence-electron chi connectivity index (χ4n) is 2.50. The number of benzene rings is 1. The number of halogens is 3. The fourth-order valence-corrected chi connectivity index (χ4v) is 3.70. The van der Waals surface area contributed by atoms with E-state index in [0.29, 0.717) is 28.7 Å². The number of aliphatic carboxylic acids is 1. The van der Waals surface area contributed by atoms with Gasteiger partial charge in [-0.1, -0.05) is 0 Å². The molecular weight excluding hydrogens is 471 g/mol. The van der Waals surface area contributed by atoms with Crippen molar-refractivity contribution in [2.75, 3.05) is 58.6 Å². The number of phenolic OH excluding ortho intramolecular Hbond substituents is 1. The van der Waals surface area contributed by atoms with Crippen LogP contribution in [0.4, 0.5) is 13.2 Å². The van der Waals surface area contributed by atoms with Gasteiger partial charge in [0.15, 0.2) is 5.54 Å². The number of rotatable bonds is 15. The number of aliphatic imine (C=N–C) groups is 1. The van der Waals surface area contributed by atoms with Gasteiger partial charge in [-0.2, -0.15) is 0 Å². The highest BCUT2D eigenvalue weighted by molar-refractivity contribution is 8.14. The molecule has 0 radical (unpaired) electrons. The number of hydrogen-bond donors (Lipinski definition) is 2. The maximum absolute atomic E-state index is 11.7. The van der Waals surface area contributed by atoms with E-state index in [1.807, 2.05) is 0 Å². The van der Waals surface area contributed by atoms with Crippen molar-refractivity contribution in [3.63, 3.8) is 0 Å². The van der Waals surface area contributed by atoms with Crippen LogP contribution in [-0.2, 0) is 23.7 Å². The van der Waals surface area contributed by atoms with E-state index >= 15 is 0 Å². The molecule has 0 aliphatic carbocycles. The fraction of sp³-hybridized carbons (Fsp3) is 0.600. The van der Waals surface area contributed by atoms with E-state index in [1.54, 1.807) is 12.1 Å². The molecular formula is C20H26F3NO8S. The molecule has 0 bridgehead atoms. The van der Waals surface area contributed by atoms with Crippen molar-refractivity contribution in [1.29, 1.82) is 0 Å². The molecule has 0 saturated heterocycles. The molecule has 0 amide bonds. The largest absolute Gasteiger partial charge is 0.522 e. The highest BCUT2D eigenvalue weighted by atomic mass is 32.2. The molecule has 1 aliphatic rings. The normalized spacial score (nSPS) is 18.4. The Balaban J connectivity index is 1.54. The number of ether oxygens (including phenoxy) is 5. The Hall–Kier alpha value is -2.06. The molecule has 1 atom stereocenters. The molecule has 13 heteroatoms. The summed E-state index contributed by atoms with van der Waals surface area (Å²) in [6.07, 6.45) is -4.65. The third-order valence-electron chi connectivity index (χ3n) is 4.23. The molecule has 1 unspecified atom stereocenters. The second-order valence-corrected chi connectivity index (χ2v) is 7.91. The number of hydrogen-bond acceptors (Lipinski definition) is 9. The number of thioether (sulfide) groups is 1. The van der Waals surface area contributed by atoms with E-state index in [0.717, 1.165) is 0 Å². The molecule has 0 spiro atoms. The number of carboxylic acids is 1. The average Bonchev–Trinajstić information content (AvgIpc) is 3.14. The van der Waals surface area contributed by atoms with E-state index in [1.165, 1.54) is 24.8 Å². The number of phenols is 1. The molecule has 9 nitrogen and oxygen atoms in total. The zero-order valence-electron chi connectivity index (χ0n) is 17.9. The molecule has 33 heavy (non-hydrogen) atoms. The number of carboxylic acid groups (broad SMARTS) is 1. The number of carbonyl (C=O) groups is 1. The minimum absolute atomic E-state index is 0.0603. The van der Waals surface area contributed by atoms with Crippen molar-refractivity contribution in [3.05, 3.63) is 23.8 Å². The van der Waals surface area contributed by atoms with Crippen molar-refractivity contribution in [2.45, 2.75) is 18.8 Å². The van der Waals surface area contributed by atoms with Crippen LogP contribution in [0.25, 0.3) is 0 Å². The first-order valence-corrected chi connectivity index (χ1v) is 11.0. The second kappa shape index (κ2) is 13.0. The summed E-state index contributed by atoms with van der Waals surface area (Å²) in [5.74, 6) is -0.360. The summed E-state index contributed by atoms with van der Waals surface area (Å²) in [5.41, 5.74) is -0.760. The minimum atomic E-state index is -4.65. The van der Waals surface area contributed by atoms with Gasteiger partial charge in [-0.05, 0) is 19.1 Å². The van der Waals surface area contributed by atoms with Gasteiger partial charge in [0.1, 0.15) is 23.1 Å². The maximum atomic E-state index is 11.7. The number of aromatic hydroxyl groups is 1. The molecule has 1 aliphatic heterocycles. The molecule has 0 aromatic heterocycles. The summed E-state index contributed by atoms with van der Waals surface area (Å²) in [4.78, 5) is 15.5. The van der Waals surface area contributed by atoms with Gasteiger partial charge in [-0.3, -0.25) is 9.73 Å². The lowest BCUT2D eigenvalue weighted by atomic mass is 10.1. The zero-order valence-corrected chi connectivity index (χ0v) is 18.7. The Morgan fingerprint density at radius 1 is 1.06 bits per heavy atom. The van der Waals surface area contributed by atoms with Crippen LogP contribution in [0.1, 0.15) is 12.5 Å². The van der Waals surface area contributed by atoms with Crippen LogP contribution in [-0.4, -0.2) is 91.7 Å². The molecule has 1 heterocycles. The van der Waals surface area contributed by atoms with Crippen molar-refractivity contribution >= 4 is 22.8 Å². The summed E-state index contributed by atoms with van der Waals surface area (Å²) in [6.45, 7) is 2.23. The van der Waals surface area contributed by atoms with Gasteiger partial charge in [-0.25, -0.2) is 4.79 Å². The summed E-state index contributed by atoms with van der Waals surface area (Å²) in [5, 5.41) is 20.0. The molecule has 2 N–H and O–H groups in total. The lowest BCUT2D eigenvalue weighted by molar-refractivity contribution is -0.327. The number of alkyl halides is 3. The van der Waals surface area contributed by atoms with Gasteiger partial charge in [0.25, 0.3) is 0 Å². The molecule has 2 rings (SSSR count). The topological polar surface area (TPSA) is 116 Å². The number of nitrogens with zero attached hydrogens (tertiary/aromatic N) is 1. The first kappa shape index (κ1) is 27.2. The van der Waals surface area contributed by atoms with E-state index in [9.17, 15) is 28.2 Å². The van der Waals surface area contributed by atoms with E-state index in [4.69, 9.17) is 18.9 Å². The van der Waals surface area contributed by atoms with Gasteiger partial charge < -0.3 is 29.2 Å². The van der Waals surface area contributed by atoms with Crippen molar-refractivity contribution in [3.8, 4) is 11.5 Å². The van der Waals surface area contributed by atoms with Crippen LogP contribution in [0.3, 0.4) is 0 Å². The summed E-state index contributed by atoms with van der Waals surface area (Å²) in [6, 6.07) is 4.70. The Kier molecular flexibility index (Phi) is 10.7. The first-order chi connectivity index (χ1) is 15.6. The van der Waals surface area contributed by atoms with Gasteiger partial charge in [-0.15, -0.1) is 24.9 Å². The average molecular weight is 497 g/mol. The smallest absolute Gasteiger partial charge is 0.507 e. The SMILES string of the molecule is CC1(C(=O)O)CSC(c2ccc(OCCOCCOCCOCCOC(F)(F)F)cc2O)=N1. The van der Waals surface area contributed by atoms with Crippen LogP contribution in [0, 0.1) is 0 Å². The summed E-state index contributed by atoms with van der Waals surface area (Å²) < 4.78 is 59.8. The lowest BCUT2D eigenvalue weighted by Crippen LogP contribution is -2.33. The predicted molar refractivity (Wildman–Crippen MR) is 113 cm³/mol.